The molecule has 0 spiro atoms. The average molecular weight is 352 g/mol. The second-order valence-electron chi connectivity index (χ2n) is 6.40. The van der Waals surface area contributed by atoms with E-state index in [2.05, 4.69) is 0 Å². The average Bonchev–Trinajstić information content (AvgIpc) is 3.09. The molecular weight excluding hydrogens is 328 g/mol. The molecule has 0 aliphatic carbocycles. The van der Waals surface area contributed by atoms with Gasteiger partial charge in [0.2, 0.25) is 5.91 Å². The highest BCUT2D eigenvalue weighted by molar-refractivity contribution is 5.97. The molecular formula is C21H24N2O3. The van der Waals surface area contributed by atoms with Gasteiger partial charge in [-0.2, -0.15) is 0 Å². The first-order chi connectivity index (χ1) is 12.6. The van der Waals surface area contributed by atoms with E-state index in [1.54, 1.807) is 29.0 Å². The van der Waals surface area contributed by atoms with Crippen molar-refractivity contribution in [3.05, 3.63) is 59.7 Å². The molecule has 1 fully saturated rings. The van der Waals surface area contributed by atoms with Crippen molar-refractivity contribution < 1.29 is 14.3 Å². The van der Waals surface area contributed by atoms with E-state index in [4.69, 9.17) is 4.74 Å². The van der Waals surface area contributed by atoms with Crippen LogP contribution in [0.5, 0.6) is 5.75 Å². The van der Waals surface area contributed by atoms with Gasteiger partial charge in [-0.3, -0.25) is 9.59 Å². The third kappa shape index (κ3) is 3.87. The maximum Gasteiger partial charge on any atom is 0.253 e. The minimum absolute atomic E-state index is 0.0596. The Bertz CT molecular complexity index is 786. The number of ether oxygens (including phenoxy) is 1. The van der Waals surface area contributed by atoms with Gasteiger partial charge in [0.05, 0.1) is 6.61 Å². The quantitative estimate of drug-likeness (QED) is 0.800. The van der Waals surface area contributed by atoms with Crippen LogP contribution in [0.15, 0.2) is 48.5 Å². The van der Waals surface area contributed by atoms with Gasteiger partial charge < -0.3 is 14.5 Å². The number of nitrogens with zero attached hydrogens (tertiary/aromatic N) is 2. The number of hydrogen-bond donors (Lipinski definition) is 0. The van der Waals surface area contributed by atoms with Crippen molar-refractivity contribution in [2.24, 2.45) is 0 Å². The van der Waals surface area contributed by atoms with Gasteiger partial charge in [-0.25, -0.2) is 0 Å². The van der Waals surface area contributed by atoms with Gasteiger partial charge >= 0.3 is 0 Å². The molecule has 0 N–H and O–H groups in total. The zero-order valence-electron chi connectivity index (χ0n) is 15.3. The fraction of sp³-hybridized carbons (Fsp3) is 0.333. The van der Waals surface area contributed by atoms with Crippen molar-refractivity contribution in [2.45, 2.75) is 26.3 Å². The molecule has 3 rings (SSSR count). The number of rotatable bonds is 6. The van der Waals surface area contributed by atoms with Crippen LogP contribution in [-0.2, 0) is 11.3 Å². The summed E-state index contributed by atoms with van der Waals surface area (Å²) >= 11 is 0. The topological polar surface area (TPSA) is 49.9 Å². The zero-order chi connectivity index (χ0) is 18.5. The second kappa shape index (κ2) is 8.04. The summed E-state index contributed by atoms with van der Waals surface area (Å²) in [7, 11) is 1.78. The van der Waals surface area contributed by atoms with E-state index in [0.29, 0.717) is 25.1 Å². The Morgan fingerprint density at radius 2 is 1.88 bits per heavy atom. The van der Waals surface area contributed by atoms with E-state index >= 15 is 0 Å². The monoisotopic (exact) mass is 352 g/mol. The molecule has 0 bridgehead atoms. The van der Waals surface area contributed by atoms with Crippen molar-refractivity contribution in [3.8, 4) is 5.75 Å². The van der Waals surface area contributed by atoms with Crippen LogP contribution in [0, 0.1) is 0 Å². The van der Waals surface area contributed by atoms with Crippen LogP contribution in [0.2, 0.25) is 0 Å². The molecule has 0 atom stereocenters. The molecule has 5 nitrogen and oxygen atoms in total. The molecule has 2 aromatic carbocycles. The van der Waals surface area contributed by atoms with E-state index in [1.807, 2.05) is 43.3 Å². The van der Waals surface area contributed by atoms with Crippen LogP contribution in [0.3, 0.4) is 0 Å². The number of carbonyl (C=O) groups excluding carboxylic acids is 2. The molecule has 1 aliphatic heterocycles. The number of benzene rings is 2. The van der Waals surface area contributed by atoms with Gasteiger partial charge in [-0.1, -0.05) is 18.2 Å². The van der Waals surface area contributed by atoms with Gasteiger partial charge in [0.25, 0.3) is 5.91 Å². The number of para-hydroxylation sites is 1. The number of hydrogen-bond acceptors (Lipinski definition) is 3. The van der Waals surface area contributed by atoms with E-state index in [9.17, 15) is 9.59 Å². The maximum atomic E-state index is 12.7. The Labute approximate surface area is 154 Å². The fourth-order valence-corrected chi connectivity index (χ4v) is 3.18. The zero-order valence-corrected chi connectivity index (χ0v) is 15.3. The summed E-state index contributed by atoms with van der Waals surface area (Å²) in [4.78, 5) is 28.0. The molecule has 5 heteroatoms. The SMILES string of the molecule is CCOc1ccccc1CN(C)C(=O)c1ccc(N2CCCC2=O)cc1. The summed E-state index contributed by atoms with van der Waals surface area (Å²) in [5, 5.41) is 0. The lowest BCUT2D eigenvalue weighted by Crippen LogP contribution is -2.27. The predicted octanol–water partition coefficient (Wildman–Crippen LogP) is 3.48. The Morgan fingerprint density at radius 3 is 2.54 bits per heavy atom. The Morgan fingerprint density at radius 1 is 1.15 bits per heavy atom. The van der Waals surface area contributed by atoms with Crippen molar-refractivity contribution >= 4 is 17.5 Å². The third-order valence-corrected chi connectivity index (χ3v) is 4.53. The van der Waals surface area contributed by atoms with E-state index in [-0.39, 0.29) is 11.8 Å². The summed E-state index contributed by atoms with van der Waals surface area (Å²) in [6.07, 6.45) is 1.49. The smallest absolute Gasteiger partial charge is 0.253 e. The highest BCUT2D eigenvalue weighted by atomic mass is 16.5. The minimum Gasteiger partial charge on any atom is -0.494 e. The van der Waals surface area contributed by atoms with Crippen LogP contribution < -0.4 is 9.64 Å². The van der Waals surface area contributed by atoms with Gasteiger partial charge in [-0.05, 0) is 43.7 Å². The van der Waals surface area contributed by atoms with E-state index in [0.717, 1.165) is 30.0 Å². The molecule has 0 unspecified atom stereocenters. The van der Waals surface area contributed by atoms with Crippen LogP contribution >= 0.6 is 0 Å². The van der Waals surface area contributed by atoms with Gasteiger partial charge in [0.1, 0.15) is 5.75 Å². The highest BCUT2D eigenvalue weighted by Gasteiger charge is 2.22. The summed E-state index contributed by atoms with van der Waals surface area (Å²) in [5.41, 5.74) is 2.44. The first kappa shape index (κ1) is 18.0. The number of anilines is 1. The lowest BCUT2D eigenvalue weighted by atomic mass is 10.1. The Balaban J connectivity index is 1.70. The van der Waals surface area contributed by atoms with E-state index < -0.39 is 0 Å². The Hall–Kier alpha value is -2.82. The standard InChI is InChI=1S/C21H24N2O3/c1-3-26-19-8-5-4-7-17(19)15-22(2)21(25)16-10-12-18(13-11-16)23-14-6-9-20(23)24/h4-5,7-8,10-13H,3,6,9,14-15H2,1-2H3. The summed E-state index contributed by atoms with van der Waals surface area (Å²) in [6, 6.07) is 15.0. The lowest BCUT2D eigenvalue weighted by molar-refractivity contribution is -0.117. The van der Waals surface area contributed by atoms with Crippen molar-refractivity contribution in [1.29, 1.82) is 0 Å². The van der Waals surface area contributed by atoms with Crippen LogP contribution in [0.4, 0.5) is 5.69 Å². The molecule has 136 valence electrons. The molecule has 26 heavy (non-hydrogen) atoms. The molecule has 2 amide bonds. The lowest BCUT2D eigenvalue weighted by Gasteiger charge is -2.20. The summed E-state index contributed by atoms with van der Waals surface area (Å²) in [6.45, 7) is 3.76. The molecule has 2 aromatic rings. The van der Waals surface area contributed by atoms with Crippen LogP contribution in [-0.4, -0.2) is 36.9 Å². The van der Waals surface area contributed by atoms with Crippen LogP contribution in [0.25, 0.3) is 0 Å². The van der Waals surface area contributed by atoms with Crippen molar-refractivity contribution in [2.75, 3.05) is 25.1 Å². The van der Waals surface area contributed by atoms with Gasteiger partial charge in [0, 0.05) is 43.4 Å². The Kier molecular flexibility index (Phi) is 5.56. The highest BCUT2D eigenvalue weighted by Crippen LogP contribution is 2.23. The second-order valence-corrected chi connectivity index (χ2v) is 6.40. The number of carbonyl (C=O) groups is 2. The fourth-order valence-electron chi connectivity index (χ4n) is 3.18. The molecule has 0 radical (unpaired) electrons. The molecule has 1 saturated heterocycles. The molecule has 0 saturated carbocycles. The van der Waals surface area contributed by atoms with Gasteiger partial charge in [-0.15, -0.1) is 0 Å². The summed E-state index contributed by atoms with van der Waals surface area (Å²) in [5.74, 6) is 0.891. The summed E-state index contributed by atoms with van der Waals surface area (Å²) < 4.78 is 5.63. The first-order valence-electron chi connectivity index (χ1n) is 8.96. The van der Waals surface area contributed by atoms with Gasteiger partial charge in [0.15, 0.2) is 0 Å². The van der Waals surface area contributed by atoms with Crippen molar-refractivity contribution in [1.82, 2.24) is 4.90 Å². The largest absolute Gasteiger partial charge is 0.494 e. The predicted molar refractivity (Wildman–Crippen MR) is 101 cm³/mol. The normalized spacial score (nSPS) is 13.8. The third-order valence-electron chi connectivity index (χ3n) is 4.53. The van der Waals surface area contributed by atoms with Crippen LogP contribution in [0.1, 0.15) is 35.7 Å². The van der Waals surface area contributed by atoms with Crippen molar-refractivity contribution in [3.63, 3.8) is 0 Å². The minimum atomic E-state index is -0.0596. The number of amides is 2. The maximum absolute atomic E-state index is 12.7. The molecule has 0 aromatic heterocycles. The molecule has 1 heterocycles. The van der Waals surface area contributed by atoms with E-state index in [1.165, 1.54) is 0 Å². The first-order valence-corrected chi connectivity index (χ1v) is 8.96. The molecule has 1 aliphatic rings.